The number of hydrogen-bond donors (Lipinski definition) is 1. The van der Waals surface area contributed by atoms with Gasteiger partial charge in [0.1, 0.15) is 5.75 Å². The molecule has 1 saturated carbocycles. The molecule has 1 fully saturated rings. The molecule has 16 heavy (non-hydrogen) atoms. The largest absolute Gasteiger partial charge is 0.496 e. The molecule has 0 aromatic heterocycles. The Bertz CT molecular complexity index is 409. The number of benzene rings is 1. The molecule has 0 amide bonds. The van der Waals surface area contributed by atoms with Crippen molar-refractivity contribution in [2.75, 3.05) is 7.11 Å². The highest BCUT2D eigenvalue weighted by atomic mass is 35.5. The second-order valence-electron chi connectivity index (χ2n) is 4.76. The van der Waals surface area contributed by atoms with Crippen LogP contribution in [-0.4, -0.2) is 12.2 Å². The van der Waals surface area contributed by atoms with E-state index in [1.807, 2.05) is 12.1 Å². The lowest BCUT2D eigenvalue weighted by molar-refractivity contribution is 0.147. The summed E-state index contributed by atoms with van der Waals surface area (Å²) in [6.07, 6.45) is 1.58. The van der Waals surface area contributed by atoms with E-state index >= 15 is 0 Å². The lowest BCUT2D eigenvalue weighted by Gasteiger charge is -2.17. The molecule has 1 aromatic rings. The van der Waals surface area contributed by atoms with Crippen molar-refractivity contribution in [3.8, 4) is 5.75 Å². The summed E-state index contributed by atoms with van der Waals surface area (Å²) in [5.41, 5.74) is 1.18. The van der Waals surface area contributed by atoms with E-state index in [2.05, 4.69) is 13.8 Å². The van der Waals surface area contributed by atoms with Crippen LogP contribution < -0.4 is 4.74 Å². The molecular formula is C13H17ClO2. The third-order valence-corrected chi connectivity index (χ3v) is 3.49. The second-order valence-corrected chi connectivity index (χ2v) is 5.17. The highest BCUT2D eigenvalue weighted by molar-refractivity contribution is 6.31. The minimum Gasteiger partial charge on any atom is -0.496 e. The predicted octanol–water partition coefficient (Wildman–Crippen LogP) is 3.45. The van der Waals surface area contributed by atoms with Crippen molar-refractivity contribution in [2.45, 2.75) is 38.2 Å². The maximum Gasteiger partial charge on any atom is 0.125 e. The Kier molecular flexibility index (Phi) is 2.89. The van der Waals surface area contributed by atoms with Gasteiger partial charge in [0.25, 0.3) is 0 Å². The van der Waals surface area contributed by atoms with Crippen molar-refractivity contribution >= 4 is 11.6 Å². The van der Waals surface area contributed by atoms with Gasteiger partial charge in [-0.1, -0.05) is 25.4 Å². The van der Waals surface area contributed by atoms with E-state index in [9.17, 15) is 5.11 Å². The lowest BCUT2D eigenvalue weighted by Crippen LogP contribution is -2.08. The van der Waals surface area contributed by atoms with Crippen molar-refractivity contribution in [2.24, 2.45) is 0 Å². The summed E-state index contributed by atoms with van der Waals surface area (Å²) in [7, 11) is 1.63. The third-order valence-electron chi connectivity index (χ3n) is 3.17. The van der Waals surface area contributed by atoms with Crippen LogP contribution in [0.2, 0.25) is 5.02 Å². The van der Waals surface area contributed by atoms with Crippen LogP contribution in [0, 0.1) is 0 Å². The van der Waals surface area contributed by atoms with Crippen molar-refractivity contribution < 1.29 is 9.84 Å². The summed E-state index contributed by atoms with van der Waals surface area (Å²) in [5, 5.41) is 10.8. The van der Waals surface area contributed by atoms with Crippen molar-refractivity contribution in [3.63, 3.8) is 0 Å². The molecule has 1 N–H and O–H groups in total. The van der Waals surface area contributed by atoms with Crippen molar-refractivity contribution in [1.82, 2.24) is 0 Å². The maximum absolute atomic E-state index is 10.1. The Labute approximate surface area is 101 Å². The minimum absolute atomic E-state index is 0.351. The van der Waals surface area contributed by atoms with E-state index in [0.717, 1.165) is 29.7 Å². The molecule has 0 saturated heterocycles. The first-order chi connectivity index (χ1) is 7.48. The zero-order valence-corrected chi connectivity index (χ0v) is 10.6. The van der Waals surface area contributed by atoms with Crippen LogP contribution in [-0.2, 0) is 5.60 Å². The molecule has 1 aliphatic carbocycles. The summed E-state index contributed by atoms with van der Waals surface area (Å²) in [5.74, 6) is 1.09. The van der Waals surface area contributed by atoms with Gasteiger partial charge in [0.15, 0.2) is 0 Å². The average molecular weight is 241 g/mol. The molecule has 2 nitrogen and oxygen atoms in total. The monoisotopic (exact) mass is 240 g/mol. The van der Waals surface area contributed by atoms with Crippen molar-refractivity contribution in [1.29, 1.82) is 0 Å². The summed E-state index contributed by atoms with van der Waals surface area (Å²) >= 11 is 6.22. The highest BCUT2D eigenvalue weighted by Crippen LogP contribution is 2.50. The first kappa shape index (κ1) is 11.7. The molecule has 0 aliphatic heterocycles. The summed E-state index contributed by atoms with van der Waals surface area (Å²) < 4.78 is 5.34. The number of hydrogen-bond acceptors (Lipinski definition) is 2. The number of rotatable bonds is 3. The quantitative estimate of drug-likeness (QED) is 0.877. The van der Waals surface area contributed by atoms with Crippen LogP contribution in [0.25, 0.3) is 0 Å². The van der Waals surface area contributed by atoms with Crippen LogP contribution in [0.1, 0.15) is 43.7 Å². The third kappa shape index (κ3) is 1.92. The van der Waals surface area contributed by atoms with Gasteiger partial charge in [0.05, 0.1) is 12.7 Å². The number of methoxy groups -OCH3 is 1. The molecule has 0 atom stereocenters. The molecule has 0 heterocycles. The SMILES string of the molecule is COc1cc(C(C)C)c(Cl)cc1C1(O)CC1. The van der Waals surface area contributed by atoms with E-state index < -0.39 is 5.60 Å². The van der Waals surface area contributed by atoms with E-state index in [1.54, 1.807) is 7.11 Å². The molecule has 1 aromatic carbocycles. The smallest absolute Gasteiger partial charge is 0.125 e. The van der Waals surface area contributed by atoms with Gasteiger partial charge >= 0.3 is 0 Å². The average Bonchev–Trinajstić information content (AvgIpc) is 2.97. The number of ether oxygens (including phenoxy) is 1. The summed E-state index contributed by atoms with van der Waals surface area (Å²) in [6, 6.07) is 3.79. The molecule has 3 heteroatoms. The van der Waals surface area contributed by atoms with Gasteiger partial charge in [-0.2, -0.15) is 0 Å². The van der Waals surface area contributed by atoms with Crippen LogP contribution in [0.4, 0.5) is 0 Å². The standard InChI is InChI=1S/C13H17ClO2/c1-8(2)9-6-12(16-3)10(7-11(9)14)13(15)4-5-13/h6-8,15H,4-5H2,1-3H3. The van der Waals surface area contributed by atoms with Gasteiger partial charge in [0, 0.05) is 10.6 Å². The number of halogens is 1. The predicted molar refractivity (Wildman–Crippen MR) is 65.2 cm³/mol. The highest BCUT2D eigenvalue weighted by Gasteiger charge is 2.44. The van der Waals surface area contributed by atoms with E-state index in [0.29, 0.717) is 10.9 Å². The Hall–Kier alpha value is -0.730. The van der Waals surface area contributed by atoms with Gasteiger partial charge in [-0.05, 0) is 36.5 Å². The fourth-order valence-corrected chi connectivity index (χ4v) is 2.31. The fourth-order valence-electron chi connectivity index (χ4n) is 1.93. The van der Waals surface area contributed by atoms with E-state index in [-0.39, 0.29) is 0 Å². The molecule has 0 radical (unpaired) electrons. The molecule has 0 bridgehead atoms. The van der Waals surface area contributed by atoms with Crippen LogP contribution in [0.5, 0.6) is 5.75 Å². The Morgan fingerprint density at radius 1 is 1.38 bits per heavy atom. The van der Waals surface area contributed by atoms with Crippen molar-refractivity contribution in [3.05, 3.63) is 28.3 Å². The van der Waals surface area contributed by atoms with Gasteiger partial charge in [-0.25, -0.2) is 0 Å². The second kappa shape index (κ2) is 3.94. The topological polar surface area (TPSA) is 29.5 Å². The summed E-state index contributed by atoms with van der Waals surface area (Å²) in [4.78, 5) is 0. The normalized spacial score (nSPS) is 17.6. The fraction of sp³-hybridized carbons (Fsp3) is 0.538. The molecule has 0 spiro atoms. The van der Waals surface area contributed by atoms with Gasteiger partial charge in [-0.3, -0.25) is 0 Å². The molecular weight excluding hydrogens is 224 g/mol. The van der Waals surface area contributed by atoms with Gasteiger partial charge < -0.3 is 9.84 Å². The minimum atomic E-state index is -0.704. The first-order valence-electron chi connectivity index (χ1n) is 5.58. The van der Waals surface area contributed by atoms with Crippen LogP contribution >= 0.6 is 11.6 Å². The molecule has 1 aliphatic rings. The van der Waals surface area contributed by atoms with Crippen LogP contribution in [0.15, 0.2) is 12.1 Å². The zero-order valence-electron chi connectivity index (χ0n) is 9.88. The van der Waals surface area contributed by atoms with E-state index in [4.69, 9.17) is 16.3 Å². The lowest BCUT2D eigenvalue weighted by atomic mass is 9.98. The van der Waals surface area contributed by atoms with Gasteiger partial charge in [-0.15, -0.1) is 0 Å². The molecule has 0 unspecified atom stereocenters. The van der Waals surface area contributed by atoms with Gasteiger partial charge in [0.2, 0.25) is 0 Å². The molecule has 88 valence electrons. The first-order valence-corrected chi connectivity index (χ1v) is 5.96. The Balaban J connectivity index is 2.51. The molecule has 2 rings (SSSR count). The number of aliphatic hydroxyl groups is 1. The van der Waals surface area contributed by atoms with E-state index in [1.165, 1.54) is 0 Å². The Morgan fingerprint density at radius 2 is 2.00 bits per heavy atom. The van der Waals surface area contributed by atoms with Crippen LogP contribution in [0.3, 0.4) is 0 Å². The maximum atomic E-state index is 10.1. The summed E-state index contributed by atoms with van der Waals surface area (Å²) in [6.45, 7) is 4.18. The zero-order chi connectivity index (χ0) is 11.9. The Morgan fingerprint density at radius 3 is 2.44 bits per heavy atom.